The first-order valence-electron chi connectivity index (χ1n) is 8.85. The Labute approximate surface area is 142 Å². The lowest BCUT2D eigenvalue weighted by Crippen LogP contribution is -2.38. The Bertz CT molecular complexity index is 641. The molecule has 2 aliphatic heterocycles. The van der Waals surface area contributed by atoms with Crippen molar-refractivity contribution in [3.8, 4) is 11.5 Å². The molecule has 3 aliphatic rings. The topological polar surface area (TPSA) is 48.0 Å². The Morgan fingerprint density at radius 1 is 1.25 bits per heavy atom. The van der Waals surface area contributed by atoms with Gasteiger partial charge >= 0.3 is 6.09 Å². The summed E-state index contributed by atoms with van der Waals surface area (Å²) < 4.78 is 17.3. The summed E-state index contributed by atoms with van der Waals surface area (Å²) in [5.74, 6) is 1.93. The van der Waals surface area contributed by atoms with E-state index in [2.05, 4.69) is 6.07 Å². The quantitative estimate of drug-likeness (QED) is 0.851. The fraction of sp³-hybridized carbons (Fsp3) is 0.632. The van der Waals surface area contributed by atoms with Gasteiger partial charge in [-0.3, -0.25) is 0 Å². The van der Waals surface area contributed by atoms with Gasteiger partial charge in [-0.2, -0.15) is 0 Å². The molecular formula is C19H25NO4. The third-order valence-electron chi connectivity index (χ3n) is 4.70. The van der Waals surface area contributed by atoms with Crippen LogP contribution in [0.2, 0.25) is 0 Å². The molecule has 0 unspecified atom stereocenters. The second-order valence-corrected chi connectivity index (χ2v) is 7.86. The number of rotatable bonds is 3. The van der Waals surface area contributed by atoms with Crippen LogP contribution < -0.4 is 9.47 Å². The van der Waals surface area contributed by atoms with Crippen LogP contribution in [0.1, 0.15) is 50.3 Å². The Hall–Kier alpha value is -1.91. The molecule has 0 spiro atoms. The van der Waals surface area contributed by atoms with Gasteiger partial charge in [0.2, 0.25) is 0 Å². The molecule has 0 saturated heterocycles. The summed E-state index contributed by atoms with van der Waals surface area (Å²) in [6.07, 6.45) is 3.66. The molecule has 1 saturated carbocycles. The Morgan fingerprint density at radius 3 is 2.71 bits per heavy atom. The predicted octanol–water partition coefficient (Wildman–Crippen LogP) is 3.46. The van der Waals surface area contributed by atoms with E-state index in [0.717, 1.165) is 42.7 Å². The van der Waals surface area contributed by atoms with Gasteiger partial charge in [0.25, 0.3) is 0 Å². The van der Waals surface area contributed by atoms with Crippen molar-refractivity contribution >= 4 is 6.09 Å². The van der Waals surface area contributed by atoms with Gasteiger partial charge in [0, 0.05) is 35.6 Å². The molecule has 2 heterocycles. The molecule has 0 bridgehead atoms. The fourth-order valence-corrected chi connectivity index (χ4v) is 3.47. The minimum atomic E-state index is -0.482. The van der Waals surface area contributed by atoms with E-state index < -0.39 is 5.60 Å². The molecule has 1 fully saturated rings. The zero-order valence-electron chi connectivity index (χ0n) is 14.7. The summed E-state index contributed by atoms with van der Waals surface area (Å²) in [5.41, 5.74) is 3.04. The number of amides is 1. The van der Waals surface area contributed by atoms with Gasteiger partial charge in [-0.1, -0.05) is 0 Å². The molecule has 4 rings (SSSR count). The molecule has 5 nitrogen and oxygen atoms in total. The summed E-state index contributed by atoms with van der Waals surface area (Å²) in [5, 5.41) is 0. The third-order valence-corrected chi connectivity index (χ3v) is 4.70. The highest BCUT2D eigenvalue weighted by atomic mass is 16.6. The van der Waals surface area contributed by atoms with E-state index in [4.69, 9.17) is 14.2 Å². The molecule has 1 aromatic carbocycles. The van der Waals surface area contributed by atoms with Crippen molar-refractivity contribution in [2.75, 3.05) is 13.2 Å². The van der Waals surface area contributed by atoms with Gasteiger partial charge in [-0.15, -0.1) is 0 Å². The van der Waals surface area contributed by atoms with E-state index in [0.29, 0.717) is 19.8 Å². The summed E-state index contributed by atoms with van der Waals surface area (Å²) in [6.45, 7) is 7.69. The van der Waals surface area contributed by atoms with Crippen LogP contribution in [0.15, 0.2) is 6.07 Å². The predicted molar refractivity (Wildman–Crippen MR) is 89.6 cm³/mol. The van der Waals surface area contributed by atoms with Gasteiger partial charge in [0.15, 0.2) is 0 Å². The Balaban J connectivity index is 1.65. The number of fused-ring (bicyclic) bond motifs is 2. The summed E-state index contributed by atoms with van der Waals surface area (Å²) >= 11 is 0. The second kappa shape index (κ2) is 5.57. The summed E-state index contributed by atoms with van der Waals surface area (Å²) in [6, 6.07) is 2.40. The molecule has 1 aromatic rings. The van der Waals surface area contributed by atoms with E-state index in [-0.39, 0.29) is 12.1 Å². The normalized spacial score (nSPS) is 18.5. The number of hydrogen-bond donors (Lipinski definition) is 0. The highest BCUT2D eigenvalue weighted by molar-refractivity contribution is 5.70. The first-order valence-corrected chi connectivity index (χ1v) is 8.85. The van der Waals surface area contributed by atoms with Crippen molar-refractivity contribution in [2.45, 2.75) is 64.6 Å². The minimum Gasteiger partial charge on any atom is -0.493 e. The SMILES string of the molecule is CC(C)(C)OC(=O)N(Cc1c2c(cc3c1OCC3)OCC2)C1CC1. The Morgan fingerprint density at radius 2 is 2.00 bits per heavy atom. The molecule has 130 valence electrons. The van der Waals surface area contributed by atoms with Crippen molar-refractivity contribution in [3.63, 3.8) is 0 Å². The first-order chi connectivity index (χ1) is 11.4. The number of nitrogens with zero attached hydrogens (tertiary/aromatic N) is 1. The minimum absolute atomic E-state index is 0.228. The van der Waals surface area contributed by atoms with Gasteiger partial charge in [0.1, 0.15) is 17.1 Å². The highest BCUT2D eigenvalue weighted by Gasteiger charge is 2.37. The monoisotopic (exact) mass is 331 g/mol. The molecule has 5 heteroatoms. The van der Waals surface area contributed by atoms with Gasteiger partial charge in [-0.05, 0) is 39.7 Å². The van der Waals surface area contributed by atoms with Crippen LogP contribution >= 0.6 is 0 Å². The molecule has 0 radical (unpaired) electrons. The highest BCUT2D eigenvalue weighted by Crippen LogP contribution is 2.42. The molecule has 0 atom stereocenters. The third kappa shape index (κ3) is 2.92. The van der Waals surface area contributed by atoms with E-state index in [1.165, 1.54) is 11.1 Å². The average molecular weight is 331 g/mol. The maximum absolute atomic E-state index is 12.7. The van der Waals surface area contributed by atoms with Crippen LogP contribution in [-0.2, 0) is 24.1 Å². The van der Waals surface area contributed by atoms with Gasteiger partial charge in [0.05, 0.1) is 19.8 Å². The summed E-state index contributed by atoms with van der Waals surface area (Å²) in [7, 11) is 0. The van der Waals surface area contributed by atoms with Crippen LogP contribution in [0.4, 0.5) is 4.79 Å². The lowest BCUT2D eigenvalue weighted by atomic mass is 9.99. The largest absolute Gasteiger partial charge is 0.493 e. The number of carbonyl (C=O) groups excluding carboxylic acids is 1. The van der Waals surface area contributed by atoms with Crippen LogP contribution in [0.5, 0.6) is 11.5 Å². The van der Waals surface area contributed by atoms with E-state index in [1.807, 2.05) is 25.7 Å². The van der Waals surface area contributed by atoms with Crippen molar-refractivity contribution in [3.05, 3.63) is 22.8 Å². The molecular weight excluding hydrogens is 306 g/mol. The first kappa shape index (κ1) is 15.6. The maximum Gasteiger partial charge on any atom is 0.410 e. The lowest BCUT2D eigenvalue weighted by molar-refractivity contribution is 0.0215. The molecule has 1 aliphatic carbocycles. The smallest absolute Gasteiger partial charge is 0.410 e. The zero-order valence-corrected chi connectivity index (χ0v) is 14.7. The Kier molecular flexibility index (Phi) is 3.62. The lowest BCUT2D eigenvalue weighted by Gasteiger charge is -2.28. The molecule has 1 amide bonds. The van der Waals surface area contributed by atoms with Crippen LogP contribution in [0.3, 0.4) is 0 Å². The van der Waals surface area contributed by atoms with Crippen LogP contribution in [-0.4, -0.2) is 35.8 Å². The fourth-order valence-electron chi connectivity index (χ4n) is 3.47. The van der Waals surface area contributed by atoms with E-state index >= 15 is 0 Å². The van der Waals surface area contributed by atoms with Crippen molar-refractivity contribution in [1.82, 2.24) is 4.90 Å². The van der Waals surface area contributed by atoms with Gasteiger partial charge < -0.3 is 19.1 Å². The maximum atomic E-state index is 12.7. The van der Waals surface area contributed by atoms with E-state index in [9.17, 15) is 4.79 Å². The number of benzene rings is 1. The van der Waals surface area contributed by atoms with Crippen LogP contribution in [0, 0.1) is 0 Å². The molecule has 0 aromatic heterocycles. The second-order valence-electron chi connectivity index (χ2n) is 7.86. The standard InChI is InChI=1S/C19H25NO4/c1-19(2,3)24-18(21)20(13-4-5-13)11-15-14-7-9-22-16(14)10-12-6-8-23-17(12)15/h10,13H,4-9,11H2,1-3H3. The zero-order chi connectivity index (χ0) is 16.9. The van der Waals surface area contributed by atoms with Crippen molar-refractivity contribution in [2.24, 2.45) is 0 Å². The number of ether oxygens (including phenoxy) is 3. The van der Waals surface area contributed by atoms with E-state index in [1.54, 1.807) is 0 Å². The van der Waals surface area contributed by atoms with Gasteiger partial charge in [-0.25, -0.2) is 4.79 Å². The van der Waals surface area contributed by atoms with Crippen molar-refractivity contribution < 1.29 is 19.0 Å². The molecule has 24 heavy (non-hydrogen) atoms. The summed E-state index contributed by atoms with van der Waals surface area (Å²) in [4.78, 5) is 14.6. The van der Waals surface area contributed by atoms with Crippen molar-refractivity contribution in [1.29, 1.82) is 0 Å². The number of hydrogen-bond acceptors (Lipinski definition) is 4. The molecule has 0 N–H and O–H groups in total. The number of carbonyl (C=O) groups is 1. The van der Waals surface area contributed by atoms with Crippen LogP contribution in [0.25, 0.3) is 0 Å². The average Bonchev–Trinajstić information content (AvgIpc) is 3.03.